The third-order valence-electron chi connectivity index (χ3n) is 5.34. The summed E-state index contributed by atoms with van der Waals surface area (Å²) < 4.78 is 32.7. The minimum absolute atomic E-state index is 0.0419. The predicted octanol–water partition coefficient (Wildman–Crippen LogP) is 4.61. The van der Waals surface area contributed by atoms with E-state index in [2.05, 4.69) is 0 Å². The third-order valence-corrected chi connectivity index (χ3v) is 7.96. The van der Waals surface area contributed by atoms with E-state index in [1.807, 2.05) is 25.1 Å². The number of benzene rings is 2. The van der Waals surface area contributed by atoms with Crippen molar-refractivity contribution in [2.75, 3.05) is 18.0 Å². The van der Waals surface area contributed by atoms with Gasteiger partial charge in [0.2, 0.25) is 10.0 Å². The Labute approximate surface area is 180 Å². The lowest BCUT2D eigenvalue weighted by molar-refractivity contribution is 0.135. The highest BCUT2D eigenvalue weighted by atomic mass is 35.5. The first kappa shape index (κ1) is 20.5. The fourth-order valence-electron chi connectivity index (χ4n) is 3.88. The van der Waals surface area contributed by atoms with Crippen molar-refractivity contribution in [1.29, 1.82) is 0 Å². The number of aryl methyl sites for hydroxylation is 1. The molecule has 0 unspecified atom stereocenters. The molecule has 2 aliphatic rings. The number of hydrogen-bond donors (Lipinski definition) is 0. The maximum absolute atomic E-state index is 13.0. The molecule has 2 heterocycles. The number of ether oxygens (including phenoxy) is 1. The lowest BCUT2D eigenvalue weighted by atomic mass is 10.0. The van der Waals surface area contributed by atoms with Crippen LogP contribution in [-0.2, 0) is 21.4 Å². The summed E-state index contributed by atoms with van der Waals surface area (Å²) in [6, 6.07) is 10.1. The summed E-state index contributed by atoms with van der Waals surface area (Å²) in [5, 5.41) is 0.480. The Kier molecular flexibility index (Phi) is 5.50. The number of cyclic esters (lactones) is 1. The van der Waals surface area contributed by atoms with Gasteiger partial charge in [0.1, 0.15) is 11.5 Å². The predicted molar refractivity (Wildman–Crippen MR) is 112 cm³/mol. The first-order chi connectivity index (χ1) is 13.8. The molecular weight excluding hydrogens is 435 g/mol. The summed E-state index contributed by atoms with van der Waals surface area (Å²) in [5.74, 6) is 0. The number of carbonyl (C=O) groups is 1. The molecule has 154 valence electrons. The summed E-state index contributed by atoms with van der Waals surface area (Å²) in [4.78, 5) is 14.2. The number of halogens is 2. The highest BCUT2D eigenvalue weighted by molar-refractivity contribution is 7.89. The lowest BCUT2D eigenvalue weighted by Crippen LogP contribution is -2.50. The minimum atomic E-state index is -3.74. The van der Waals surface area contributed by atoms with Crippen molar-refractivity contribution >= 4 is 45.0 Å². The van der Waals surface area contributed by atoms with Crippen LogP contribution >= 0.6 is 23.2 Å². The molecule has 2 aromatic carbocycles. The van der Waals surface area contributed by atoms with Crippen LogP contribution in [0.5, 0.6) is 0 Å². The zero-order valence-corrected chi connectivity index (χ0v) is 18.1. The van der Waals surface area contributed by atoms with Crippen LogP contribution in [0.3, 0.4) is 0 Å². The van der Waals surface area contributed by atoms with Gasteiger partial charge in [-0.2, -0.15) is 4.31 Å². The van der Waals surface area contributed by atoms with Crippen molar-refractivity contribution in [3.63, 3.8) is 0 Å². The molecule has 0 N–H and O–H groups in total. The van der Waals surface area contributed by atoms with Crippen LogP contribution in [0.2, 0.25) is 10.0 Å². The van der Waals surface area contributed by atoms with Crippen LogP contribution in [0.15, 0.2) is 41.3 Å². The maximum Gasteiger partial charge on any atom is 0.414 e. The largest absolute Gasteiger partial charge is 0.444 e. The van der Waals surface area contributed by atoms with Gasteiger partial charge in [0.15, 0.2) is 0 Å². The summed E-state index contributed by atoms with van der Waals surface area (Å²) in [5.41, 5.74) is 2.91. The lowest BCUT2D eigenvalue weighted by Gasteiger charge is -2.39. The van der Waals surface area contributed by atoms with Gasteiger partial charge in [-0.05, 0) is 44.0 Å². The van der Waals surface area contributed by atoms with Gasteiger partial charge in [-0.1, -0.05) is 40.9 Å². The van der Waals surface area contributed by atoms with E-state index in [9.17, 15) is 13.2 Å². The highest BCUT2D eigenvalue weighted by Crippen LogP contribution is 2.34. The highest BCUT2D eigenvalue weighted by Gasteiger charge is 2.37. The molecule has 1 fully saturated rings. The number of hydrogen-bond acceptors (Lipinski definition) is 4. The molecule has 0 radical (unpaired) electrons. The van der Waals surface area contributed by atoms with E-state index in [0.29, 0.717) is 17.9 Å². The molecule has 6 nitrogen and oxygen atoms in total. The number of fused-ring (bicyclic) bond motifs is 1. The number of anilines is 1. The normalized spacial score (nSPS) is 18.4. The number of nitrogens with zero attached hydrogens (tertiary/aromatic N) is 2. The molecule has 0 atom stereocenters. The second kappa shape index (κ2) is 7.80. The Morgan fingerprint density at radius 2 is 1.79 bits per heavy atom. The van der Waals surface area contributed by atoms with Gasteiger partial charge in [-0.3, -0.25) is 4.90 Å². The molecule has 4 rings (SSSR count). The molecule has 2 aliphatic heterocycles. The average molecular weight is 455 g/mol. The fraction of sp³-hybridized carbons (Fsp3) is 0.350. The first-order valence-corrected chi connectivity index (χ1v) is 11.5. The Morgan fingerprint density at radius 3 is 2.48 bits per heavy atom. The van der Waals surface area contributed by atoms with Crippen LogP contribution in [0.25, 0.3) is 0 Å². The topological polar surface area (TPSA) is 66.9 Å². The maximum atomic E-state index is 13.0. The summed E-state index contributed by atoms with van der Waals surface area (Å²) in [6.07, 6.45) is 0.628. The van der Waals surface area contributed by atoms with Gasteiger partial charge in [0.05, 0.1) is 10.7 Å². The van der Waals surface area contributed by atoms with E-state index in [4.69, 9.17) is 27.9 Å². The number of sulfonamides is 1. The standard InChI is InChI=1S/C20H20Cl2N2O4S/c1-13-2-4-18-14(10-13)12-28-20(25)24(18)16-6-8-23(9-7-16)29(26,27)19-5-3-15(21)11-17(19)22/h2-5,10-11,16H,6-9,12H2,1H3. The number of piperidine rings is 1. The molecule has 0 aliphatic carbocycles. The van der Waals surface area contributed by atoms with Gasteiger partial charge in [-0.15, -0.1) is 0 Å². The van der Waals surface area contributed by atoms with Crippen LogP contribution in [0.4, 0.5) is 10.5 Å². The summed E-state index contributed by atoms with van der Waals surface area (Å²) >= 11 is 12.0. The zero-order chi connectivity index (χ0) is 20.8. The molecular formula is C20H20Cl2N2O4S. The van der Waals surface area contributed by atoms with E-state index in [-0.39, 0.29) is 41.7 Å². The molecule has 0 aromatic heterocycles. The van der Waals surface area contributed by atoms with Crippen molar-refractivity contribution in [1.82, 2.24) is 4.31 Å². The molecule has 0 saturated carbocycles. The smallest absolute Gasteiger partial charge is 0.414 e. The molecule has 2 aromatic rings. The first-order valence-electron chi connectivity index (χ1n) is 9.28. The van der Waals surface area contributed by atoms with Crippen molar-refractivity contribution in [2.24, 2.45) is 0 Å². The molecule has 9 heteroatoms. The van der Waals surface area contributed by atoms with Crippen LogP contribution < -0.4 is 4.90 Å². The van der Waals surface area contributed by atoms with Gasteiger partial charge in [0, 0.05) is 29.7 Å². The quantitative estimate of drug-likeness (QED) is 0.678. The minimum Gasteiger partial charge on any atom is -0.444 e. The Bertz CT molecular complexity index is 1070. The molecule has 1 amide bonds. The van der Waals surface area contributed by atoms with E-state index in [1.165, 1.54) is 22.5 Å². The Hall–Kier alpha value is -1.80. The van der Waals surface area contributed by atoms with Crippen molar-refractivity contribution in [3.05, 3.63) is 57.6 Å². The average Bonchev–Trinajstić information content (AvgIpc) is 2.68. The van der Waals surface area contributed by atoms with Crippen LogP contribution in [0, 0.1) is 6.92 Å². The SMILES string of the molecule is Cc1ccc2c(c1)COC(=O)N2C1CCN(S(=O)(=O)c2ccc(Cl)cc2Cl)CC1. The van der Waals surface area contributed by atoms with Crippen LogP contribution in [-0.4, -0.2) is 37.9 Å². The Morgan fingerprint density at radius 1 is 1.07 bits per heavy atom. The molecule has 0 spiro atoms. The number of rotatable bonds is 3. The van der Waals surface area contributed by atoms with Gasteiger partial charge >= 0.3 is 6.09 Å². The second-order valence-corrected chi connectivity index (χ2v) is 10.0. The van der Waals surface area contributed by atoms with E-state index >= 15 is 0 Å². The summed E-state index contributed by atoms with van der Waals surface area (Å²) in [6.45, 7) is 2.83. The van der Waals surface area contributed by atoms with Crippen molar-refractivity contribution in [2.45, 2.75) is 37.3 Å². The Balaban J connectivity index is 1.53. The van der Waals surface area contributed by atoms with E-state index in [1.54, 1.807) is 4.90 Å². The van der Waals surface area contributed by atoms with E-state index < -0.39 is 10.0 Å². The number of carbonyl (C=O) groups excluding carboxylic acids is 1. The number of amides is 1. The third kappa shape index (κ3) is 3.84. The van der Waals surface area contributed by atoms with Gasteiger partial charge in [0.25, 0.3) is 0 Å². The summed E-state index contributed by atoms with van der Waals surface area (Å²) in [7, 11) is -3.74. The van der Waals surface area contributed by atoms with Gasteiger partial charge < -0.3 is 4.74 Å². The van der Waals surface area contributed by atoms with Gasteiger partial charge in [-0.25, -0.2) is 13.2 Å². The van der Waals surface area contributed by atoms with E-state index in [0.717, 1.165) is 16.8 Å². The molecule has 0 bridgehead atoms. The zero-order valence-electron chi connectivity index (χ0n) is 15.8. The molecule has 1 saturated heterocycles. The monoisotopic (exact) mass is 454 g/mol. The van der Waals surface area contributed by atoms with Crippen molar-refractivity contribution < 1.29 is 17.9 Å². The second-order valence-electron chi connectivity index (χ2n) is 7.27. The molecule has 29 heavy (non-hydrogen) atoms. The fourth-order valence-corrected chi connectivity index (χ4v) is 6.10. The van der Waals surface area contributed by atoms with Crippen molar-refractivity contribution in [3.8, 4) is 0 Å². The van der Waals surface area contributed by atoms with Crippen LogP contribution in [0.1, 0.15) is 24.0 Å².